The predicted octanol–water partition coefficient (Wildman–Crippen LogP) is 2.64. The van der Waals surface area contributed by atoms with Crippen molar-refractivity contribution in [3.8, 4) is 0 Å². The zero-order valence-electron chi connectivity index (χ0n) is 10.5. The third-order valence-electron chi connectivity index (χ3n) is 2.12. The van der Waals surface area contributed by atoms with Crippen LogP contribution in [0.15, 0.2) is 0 Å². The van der Waals surface area contributed by atoms with Gasteiger partial charge in [0.25, 0.3) is 5.79 Å². The summed E-state index contributed by atoms with van der Waals surface area (Å²) < 4.78 is 10.2. The standard InChI is InChI=1S/C11H20O5/c1-8(2)6-10(3,4)14-9(12)15-11(5)7-13-16-11/h8H,6-7H2,1-5H3. The van der Waals surface area contributed by atoms with Crippen LogP contribution in [0.25, 0.3) is 0 Å². The average Bonchev–Trinajstić information content (AvgIpc) is 1.96. The number of hydrogen-bond donors (Lipinski definition) is 0. The largest absolute Gasteiger partial charge is 0.511 e. The van der Waals surface area contributed by atoms with Gasteiger partial charge in [-0.25, -0.2) is 9.68 Å². The van der Waals surface area contributed by atoms with Crippen molar-refractivity contribution >= 4 is 6.16 Å². The van der Waals surface area contributed by atoms with Crippen LogP contribution in [0.1, 0.15) is 41.0 Å². The van der Waals surface area contributed by atoms with E-state index in [4.69, 9.17) is 9.47 Å². The Morgan fingerprint density at radius 2 is 2.06 bits per heavy atom. The molecule has 0 aromatic heterocycles. The summed E-state index contributed by atoms with van der Waals surface area (Å²) in [6.07, 6.45) is 0.0485. The monoisotopic (exact) mass is 232 g/mol. The summed E-state index contributed by atoms with van der Waals surface area (Å²) in [5.41, 5.74) is -0.536. The summed E-state index contributed by atoms with van der Waals surface area (Å²) in [5, 5.41) is 0. The van der Waals surface area contributed by atoms with Crippen molar-refractivity contribution < 1.29 is 24.0 Å². The highest BCUT2D eigenvalue weighted by Crippen LogP contribution is 2.26. The summed E-state index contributed by atoms with van der Waals surface area (Å²) >= 11 is 0. The van der Waals surface area contributed by atoms with E-state index in [2.05, 4.69) is 23.6 Å². The van der Waals surface area contributed by atoms with Crippen molar-refractivity contribution in [1.82, 2.24) is 0 Å². The minimum Gasteiger partial charge on any atom is -0.428 e. The molecule has 0 spiro atoms. The second-order valence-electron chi connectivity index (χ2n) is 5.29. The van der Waals surface area contributed by atoms with E-state index < -0.39 is 17.5 Å². The molecule has 16 heavy (non-hydrogen) atoms. The van der Waals surface area contributed by atoms with Gasteiger partial charge in [-0.15, -0.1) is 0 Å². The summed E-state index contributed by atoms with van der Waals surface area (Å²) in [4.78, 5) is 20.6. The lowest BCUT2D eigenvalue weighted by molar-refractivity contribution is -0.522. The molecule has 0 aliphatic carbocycles. The Labute approximate surface area is 95.9 Å². The van der Waals surface area contributed by atoms with Gasteiger partial charge in [0.1, 0.15) is 5.60 Å². The molecule has 0 N–H and O–H groups in total. The lowest BCUT2D eigenvalue weighted by atomic mass is 9.96. The molecule has 1 aliphatic rings. The molecule has 1 unspecified atom stereocenters. The van der Waals surface area contributed by atoms with Gasteiger partial charge < -0.3 is 9.47 Å². The van der Waals surface area contributed by atoms with E-state index in [1.807, 2.05) is 13.8 Å². The molecule has 0 aromatic rings. The predicted molar refractivity (Wildman–Crippen MR) is 56.5 cm³/mol. The van der Waals surface area contributed by atoms with E-state index in [9.17, 15) is 4.79 Å². The molecule has 5 heteroatoms. The Kier molecular flexibility index (Phi) is 3.80. The van der Waals surface area contributed by atoms with Crippen LogP contribution in [0.2, 0.25) is 0 Å². The minimum absolute atomic E-state index is 0.229. The molecule has 0 amide bonds. The number of ether oxygens (including phenoxy) is 2. The maximum Gasteiger partial charge on any atom is 0.511 e. The van der Waals surface area contributed by atoms with Crippen molar-refractivity contribution in [2.75, 3.05) is 6.61 Å². The lowest BCUT2D eigenvalue weighted by Gasteiger charge is -2.35. The molecule has 1 aliphatic heterocycles. The van der Waals surface area contributed by atoms with Crippen LogP contribution < -0.4 is 0 Å². The molecule has 5 nitrogen and oxygen atoms in total. The normalized spacial score (nSPS) is 25.1. The van der Waals surface area contributed by atoms with Gasteiger partial charge in [0.2, 0.25) is 0 Å². The van der Waals surface area contributed by atoms with Crippen molar-refractivity contribution in [2.24, 2.45) is 5.92 Å². The third-order valence-corrected chi connectivity index (χ3v) is 2.12. The van der Waals surface area contributed by atoms with Crippen LogP contribution in [0.3, 0.4) is 0 Å². The Balaban J connectivity index is 2.38. The molecule has 0 bridgehead atoms. The van der Waals surface area contributed by atoms with Gasteiger partial charge in [-0.3, -0.25) is 0 Å². The van der Waals surface area contributed by atoms with Crippen LogP contribution >= 0.6 is 0 Å². The van der Waals surface area contributed by atoms with Crippen molar-refractivity contribution in [3.63, 3.8) is 0 Å². The number of carbonyl (C=O) groups is 1. The lowest BCUT2D eigenvalue weighted by Crippen LogP contribution is -2.49. The molecule has 0 radical (unpaired) electrons. The fourth-order valence-corrected chi connectivity index (χ4v) is 1.72. The highest BCUT2D eigenvalue weighted by atomic mass is 17.3. The van der Waals surface area contributed by atoms with Crippen LogP contribution in [-0.2, 0) is 19.2 Å². The molecule has 1 saturated heterocycles. The molecular formula is C11H20O5. The van der Waals surface area contributed by atoms with Crippen molar-refractivity contribution in [3.05, 3.63) is 0 Å². The van der Waals surface area contributed by atoms with Crippen LogP contribution in [0.5, 0.6) is 0 Å². The molecule has 1 heterocycles. The first-order chi connectivity index (χ1) is 7.22. The number of carbonyl (C=O) groups excluding carboxylic acids is 1. The Morgan fingerprint density at radius 3 is 2.44 bits per heavy atom. The minimum atomic E-state index is -0.995. The van der Waals surface area contributed by atoms with Gasteiger partial charge in [-0.1, -0.05) is 13.8 Å². The summed E-state index contributed by atoms with van der Waals surface area (Å²) in [5.74, 6) is -0.549. The maximum absolute atomic E-state index is 11.5. The first-order valence-electron chi connectivity index (χ1n) is 5.45. The van der Waals surface area contributed by atoms with E-state index in [1.54, 1.807) is 6.92 Å². The molecular weight excluding hydrogens is 212 g/mol. The molecule has 0 saturated carbocycles. The van der Waals surface area contributed by atoms with Gasteiger partial charge in [-0.2, -0.15) is 4.89 Å². The first-order valence-corrected chi connectivity index (χ1v) is 5.45. The molecule has 1 fully saturated rings. The summed E-state index contributed by atoms with van der Waals surface area (Å²) in [6, 6.07) is 0. The highest BCUT2D eigenvalue weighted by molar-refractivity contribution is 5.61. The fraction of sp³-hybridized carbons (Fsp3) is 0.909. The molecule has 1 rings (SSSR count). The second-order valence-corrected chi connectivity index (χ2v) is 5.29. The van der Waals surface area contributed by atoms with Gasteiger partial charge in [0.15, 0.2) is 6.61 Å². The second kappa shape index (κ2) is 4.59. The highest BCUT2D eigenvalue weighted by Gasteiger charge is 2.42. The van der Waals surface area contributed by atoms with Crippen LogP contribution in [-0.4, -0.2) is 24.2 Å². The van der Waals surface area contributed by atoms with Crippen molar-refractivity contribution in [1.29, 1.82) is 0 Å². The SMILES string of the molecule is CC(C)CC(C)(C)OC(=O)OC1(C)COO1. The van der Waals surface area contributed by atoms with E-state index in [-0.39, 0.29) is 6.61 Å². The van der Waals surface area contributed by atoms with Crippen molar-refractivity contribution in [2.45, 2.75) is 52.4 Å². The van der Waals surface area contributed by atoms with Gasteiger partial charge in [0, 0.05) is 6.92 Å². The van der Waals surface area contributed by atoms with E-state index in [0.29, 0.717) is 5.92 Å². The van der Waals surface area contributed by atoms with E-state index in [1.165, 1.54) is 0 Å². The molecule has 0 aromatic carbocycles. The third kappa shape index (κ3) is 3.98. The van der Waals surface area contributed by atoms with Gasteiger partial charge in [-0.05, 0) is 26.2 Å². The van der Waals surface area contributed by atoms with Gasteiger partial charge >= 0.3 is 6.16 Å². The summed E-state index contributed by atoms with van der Waals surface area (Å²) in [7, 11) is 0. The first kappa shape index (κ1) is 13.3. The topological polar surface area (TPSA) is 54.0 Å². The zero-order valence-corrected chi connectivity index (χ0v) is 10.5. The Hall–Kier alpha value is -0.810. The van der Waals surface area contributed by atoms with Crippen LogP contribution in [0, 0.1) is 5.92 Å². The fourth-order valence-electron chi connectivity index (χ4n) is 1.72. The zero-order chi connectivity index (χ0) is 12.4. The number of hydrogen-bond acceptors (Lipinski definition) is 5. The van der Waals surface area contributed by atoms with Gasteiger partial charge in [0.05, 0.1) is 0 Å². The van der Waals surface area contributed by atoms with Crippen LogP contribution in [0.4, 0.5) is 4.79 Å². The summed E-state index contributed by atoms with van der Waals surface area (Å²) in [6.45, 7) is 9.70. The maximum atomic E-state index is 11.5. The quantitative estimate of drug-likeness (QED) is 0.551. The molecule has 1 atom stereocenters. The number of rotatable bonds is 4. The average molecular weight is 232 g/mol. The van der Waals surface area contributed by atoms with E-state index in [0.717, 1.165) is 6.42 Å². The molecule has 94 valence electrons. The smallest absolute Gasteiger partial charge is 0.428 e. The Morgan fingerprint density at radius 1 is 1.50 bits per heavy atom. The Bertz CT molecular complexity index is 255. The van der Waals surface area contributed by atoms with E-state index >= 15 is 0 Å².